The molecule has 1 heterocycles. The molecule has 82 valence electrons. The molecule has 1 atom stereocenters. The Morgan fingerprint density at radius 2 is 2.12 bits per heavy atom. The average molecular weight is 234 g/mol. The van der Waals surface area contributed by atoms with Gasteiger partial charge in [-0.25, -0.2) is 0 Å². The lowest BCUT2D eigenvalue weighted by atomic mass is 10.1. The zero-order valence-corrected chi connectivity index (χ0v) is 9.44. The van der Waals surface area contributed by atoms with Gasteiger partial charge in [0.1, 0.15) is 0 Å². The number of thioether (sulfide) groups is 1. The number of anilines is 1. The van der Waals surface area contributed by atoms with Crippen LogP contribution in [0.25, 0.3) is 0 Å². The van der Waals surface area contributed by atoms with Crippen LogP contribution in [-0.2, 0) is 4.79 Å². The Kier molecular flexibility index (Phi) is 3.00. The SMILES string of the molecule is CSC1=NC(=O)C(c2ccccc2N)N=N1. The molecule has 0 spiro atoms. The van der Waals surface area contributed by atoms with Crippen LogP contribution in [0.2, 0.25) is 0 Å². The first-order chi connectivity index (χ1) is 7.72. The zero-order valence-electron chi connectivity index (χ0n) is 8.62. The maximum Gasteiger partial charge on any atom is 0.279 e. The largest absolute Gasteiger partial charge is 0.398 e. The smallest absolute Gasteiger partial charge is 0.279 e. The minimum atomic E-state index is -0.697. The monoisotopic (exact) mass is 234 g/mol. The first-order valence-electron chi connectivity index (χ1n) is 4.64. The van der Waals surface area contributed by atoms with Gasteiger partial charge in [-0.3, -0.25) is 4.79 Å². The van der Waals surface area contributed by atoms with Gasteiger partial charge in [-0.1, -0.05) is 30.0 Å². The van der Waals surface area contributed by atoms with Crippen molar-refractivity contribution in [3.05, 3.63) is 29.8 Å². The Bertz CT molecular complexity index is 483. The van der Waals surface area contributed by atoms with Gasteiger partial charge in [-0.2, -0.15) is 10.1 Å². The highest BCUT2D eigenvalue weighted by Gasteiger charge is 2.25. The van der Waals surface area contributed by atoms with Gasteiger partial charge < -0.3 is 5.73 Å². The Morgan fingerprint density at radius 3 is 2.75 bits per heavy atom. The van der Waals surface area contributed by atoms with Crippen LogP contribution in [0.4, 0.5) is 5.69 Å². The fourth-order valence-electron chi connectivity index (χ4n) is 1.38. The molecule has 0 aliphatic carbocycles. The second-order valence-electron chi connectivity index (χ2n) is 3.18. The van der Waals surface area contributed by atoms with Gasteiger partial charge in [-0.05, 0) is 12.3 Å². The molecule has 1 unspecified atom stereocenters. The van der Waals surface area contributed by atoms with Crippen molar-refractivity contribution in [1.29, 1.82) is 0 Å². The van der Waals surface area contributed by atoms with E-state index in [9.17, 15) is 4.79 Å². The Labute approximate surface area is 96.9 Å². The van der Waals surface area contributed by atoms with E-state index in [0.29, 0.717) is 16.4 Å². The van der Waals surface area contributed by atoms with Crippen LogP contribution in [0.15, 0.2) is 39.5 Å². The number of azo groups is 1. The summed E-state index contributed by atoms with van der Waals surface area (Å²) in [4.78, 5) is 15.5. The lowest BCUT2D eigenvalue weighted by Gasteiger charge is -2.13. The van der Waals surface area contributed by atoms with Crippen molar-refractivity contribution in [2.75, 3.05) is 12.0 Å². The highest BCUT2D eigenvalue weighted by atomic mass is 32.2. The number of nitrogens with zero attached hydrogens (tertiary/aromatic N) is 3. The molecule has 0 bridgehead atoms. The second kappa shape index (κ2) is 4.44. The molecule has 0 saturated heterocycles. The van der Waals surface area contributed by atoms with Crippen molar-refractivity contribution in [1.82, 2.24) is 0 Å². The van der Waals surface area contributed by atoms with Crippen LogP contribution in [0.3, 0.4) is 0 Å². The molecule has 1 aliphatic heterocycles. The minimum Gasteiger partial charge on any atom is -0.398 e. The number of carbonyl (C=O) groups excluding carboxylic acids is 1. The number of hydrogen-bond acceptors (Lipinski definition) is 5. The van der Waals surface area contributed by atoms with Crippen LogP contribution < -0.4 is 5.73 Å². The average Bonchev–Trinajstić information content (AvgIpc) is 2.30. The number of hydrogen-bond donors (Lipinski definition) is 1. The first-order valence-corrected chi connectivity index (χ1v) is 5.86. The minimum absolute atomic E-state index is 0.322. The lowest BCUT2D eigenvalue weighted by Crippen LogP contribution is -2.14. The molecule has 0 aromatic heterocycles. The van der Waals surface area contributed by atoms with Crippen molar-refractivity contribution in [3.63, 3.8) is 0 Å². The molecule has 2 rings (SSSR count). The fourth-order valence-corrected chi connectivity index (χ4v) is 1.69. The summed E-state index contributed by atoms with van der Waals surface area (Å²) in [6, 6.07) is 6.40. The number of nitrogen functional groups attached to an aromatic ring is 1. The fraction of sp³-hybridized carbons (Fsp3) is 0.200. The number of aliphatic imine (C=N–C) groups is 1. The summed E-state index contributed by atoms with van der Waals surface area (Å²) >= 11 is 1.29. The Balaban J connectivity index is 2.33. The third-order valence-corrected chi connectivity index (χ3v) is 2.71. The zero-order chi connectivity index (χ0) is 11.5. The van der Waals surface area contributed by atoms with Crippen molar-refractivity contribution < 1.29 is 4.79 Å². The summed E-state index contributed by atoms with van der Waals surface area (Å²) in [5, 5.41) is 8.18. The number of amidine groups is 1. The highest BCUT2D eigenvalue weighted by molar-refractivity contribution is 8.13. The molecular weight excluding hydrogens is 224 g/mol. The third-order valence-electron chi connectivity index (χ3n) is 2.17. The van der Waals surface area contributed by atoms with Crippen molar-refractivity contribution in [2.24, 2.45) is 15.2 Å². The van der Waals surface area contributed by atoms with E-state index in [4.69, 9.17) is 5.73 Å². The van der Waals surface area contributed by atoms with Crippen molar-refractivity contribution >= 4 is 28.5 Å². The van der Waals surface area contributed by atoms with Gasteiger partial charge in [0.05, 0.1) is 0 Å². The maximum absolute atomic E-state index is 11.7. The van der Waals surface area contributed by atoms with Gasteiger partial charge in [0.15, 0.2) is 6.04 Å². The van der Waals surface area contributed by atoms with Crippen LogP contribution in [0.5, 0.6) is 0 Å². The summed E-state index contributed by atoms with van der Waals surface area (Å²) in [5.41, 5.74) is 6.96. The van der Waals surface area contributed by atoms with E-state index < -0.39 is 6.04 Å². The molecule has 2 N–H and O–H groups in total. The number of carbonyl (C=O) groups is 1. The van der Waals surface area contributed by atoms with Gasteiger partial charge in [0.25, 0.3) is 5.91 Å². The van der Waals surface area contributed by atoms with E-state index in [1.54, 1.807) is 24.5 Å². The topological polar surface area (TPSA) is 80.2 Å². The molecule has 6 heteroatoms. The molecule has 5 nitrogen and oxygen atoms in total. The van der Waals surface area contributed by atoms with Gasteiger partial charge >= 0.3 is 0 Å². The first kappa shape index (κ1) is 10.8. The standard InChI is InChI=1S/C10H10N4OS/c1-16-10-12-9(15)8(13-14-10)6-4-2-3-5-7(6)11/h2-5,8H,11H2,1H3. The maximum atomic E-state index is 11.7. The molecule has 1 amide bonds. The van der Waals surface area contributed by atoms with E-state index in [0.717, 1.165) is 0 Å². The van der Waals surface area contributed by atoms with Crippen LogP contribution >= 0.6 is 11.8 Å². The van der Waals surface area contributed by atoms with E-state index >= 15 is 0 Å². The Hall–Kier alpha value is -1.69. The molecule has 1 aliphatic rings. The number of rotatable bonds is 1. The third kappa shape index (κ3) is 1.96. The number of benzene rings is 1. The van der Waals surface area contributed by atoms with Gasteiger partial charge in [0.2, 0.25) is 5.17 Å². The van der Waals surface area contributed by atoms with Crippen molar-refractivity contribution in [2.45, 2.75) is 6.04 Å². The Morgan fingerprint density at radius 1 is 1.38 bits per heavy atom. The molecule has 0 radical (unpaired) electrons. The summed E-state index contributed by atoms with van der Waals surface area (Å²) < 4.78 is 0. The van der Waals surface area contributed by atoms with Crippen LogP contribution in [0.1, 0.15) is 11.6 Å². The molecule has 1 aromatic rings. The molecule has 0 fully saturated rings. The van der Waals surface area contributed by atoms with Gasteiger partial charge in [0, 0.05) is 11.3 Å². The van der Waals surface area contributed by atoms with E-state index in [2.05, 4.69) is 15.2 Å². The molecule has 1 aromatic carbocycles. The summed E-state index contributed by atoms with van der Waals surface area (Å²) in [6.07, 6.45) is 1.79. The van der Waals surface area contributed by atoms with E-state index in [-0.39, 0.29) is 5.91 Å². The summed E-state index contributed by atoms with van der Waals surface area (Å²) in [6.45, 7) is 0. The summed E-state index contributed by atoms with van der Waals surface area (Å²) in [7, 11) is 0. The molecular formula is C10H10N4OS. The lowest BCUT2D eigenvalue weighted by molar-refractivity contribution is -0.119. The predicted octanol–water partition coefficient (Wildman–Crippen LogP) is 2.02. The summed E-state index contributed by atoms with van der Waals surface area (Å²) in [5.74, 6) is -0.322. The number of amides is 1. The number of nitrogens with two attached hydrogens (primary N) is 1. The van der Waals surface area contributed by atoms with Crippen LogP contribution in [-0.4, -0.2) is 17.3 Å². The quantitative estimate of drug-likeness (QED) is 0.755. The highest BCUT2D eigenvalue weighted by Crippen LogP contribution is 2.28. The van der Waals surface area contributed by atoms with Gasteiger partial charge in [-0.15, -0.1) is 5.11 Å². The normalized spacial score (nSPS) is 19.7. The van der Waals surface area contributed by atoms with Crippen molar-refractivity contribution in [3.8, 4) is 0 Å². The molecule has 0 saturated carbocycles. The van der Waals surface area contributed by atoms with E-state index in [1.165, 1.54) is 11.8 Å². The second-order valence-corrected chi connectivity index (χ2v) is 3.96. The van der Waals surface area contributed by atoms with Crippen LogP contribution in [0, 0.1) is 0 Å². The number of para-hydroxylation sites is 1. The molecule has 16 heavy (non-hydrogen) atoms. The predicted molar refractivity (Wildman–Crippen MR) is 64.4 cm³/mol. The van der Waals surface area contributed by atoms with E-state index in [1.807, 2.05) is 6.07 Å².